The smallest absolute Gasteiger partial charge is 0.362 e. The van der Waals surface area contributed by atoms with Crippen molar-refractivity contribution in [3.8, 4) is 0 Å². The van der Waals surface area contributed by atoms with Gasteiger partial charge in [-0.05, 0) is 51.4 Å². The van der Waals surface area contributed by atoms with Gasteiger partial charge in [-0.3, -0.25) is 9.59 Å². The van der Waals surface area contributed by atoms with Crippen molar-refractivity contribution >= 4 is 17.9 Å². The Morgan fingerprint density at radius 3 is 1.74 bits per heavy atom. The largest absolute Gasteiger partial charge is 0.477 e. The van der Waals surface area contributed by atoms with E-state index in [2.05, 4.69) is 74.6 Å². The third-order valence-electron chi connectivity index (χ3n) is 7.43. The van der Waals surface area contributed by atoms with E-state index in [0.717, 1.165) is 57.8 Å². The van der Waals surface area contributed by atoms with Gasteiger partial charge in [0.05, 0.1) is 34.4 Å². The van der Waals surface area contributed by atoms with Crippen LogP contribution in [0.4, 0.5) is 0 Å². The molecule has 268 valence electrons. The number of carboxylic acids is 1. The molecule has 8 nitrogen and oxygen atoms in total. The number of aliphatic carboxylic acids is 1. The van der Waals surface area contributed by atoms with E-state index in [9.17, 15) is 19.5 Å². The monoisotopic (exact) mass is 660 g/mol. The zero-order valence-electron chi connectivity index (χ0n) is 30.2. The third kappa shape index (κ3) is 28.9. The number of carbonyl (C=O) groups excluding carboxylic acids is 2. The molecule has 0 saturated heterocycles. The Morgan fingerprint density at radius 2 is 1.19 bits per heavy atom. The summed E-state index contributed by atoms with van der Waals surface area (Å²) in [5, 5.41) is 9.54. The summed E-state index contributed by atoms with van der Waals surface area (Å²) in [7, 11) is 5.48. The Bertz CT molecular complexity index is 959. The number of carbonyl (C=O) groups is 3. The topological polar surface area (TPSA) is 99.1 Å². The number of esters is 2. The average molecular weight is 661 g/mol. The molecule has 0 fully saturated rings. The summed E-state index contributed by atoms with van der Waals surface area (Å²) in [6.45, 7) is 4.46. The van der Waals surface area contributed by atoms with Crippen LogP contribution in [0.5, 0.6) is 0 Å². The van der Waals surface area contributed by atoms with Crippen molar-refractivity contribution in [2.45, 2.75) is 129 Å². The minimum atomic E-state index is -0.889. The van der Waals surface area contributed by atoms with Crippen molar-refractivity contribution in [1.82, 2.24) is 0 Å². The van der Waals surface area contributed by atoms with Gasteiger partial charge in [-0.1, -0.05) is 107 Å². The van der Waals surface area contributed by atoms with Gasteiger partial charge >= 0.3 is 17.9 Å². The molecule has 0 spiro atoms. The second-order valence-corrected chi connectivity index (χ2v) is 12.7. The molecule has 0 radical (unpaired) electrons. The van der Waals surface area contributed by atoms with Crippen LogP contribution in [-0.2, 0) is 28.6 Å². The first kappa shape index (κ1) is 44.0. The Labute approximate surface area is 286 Å². The first-order valence-corrected chi connectivity index (χ1v) is 17.8. The Morgan fingerprint density at radius 1 is 0.660 bits per heavy atom. The number of carboxylic acid groups (broad SMARTS) is 1. The Hall–Kier alpha value is -2.97. The van der Waals surface area contributed by atoms with Crippen molar-refractivity contribution < 1.29 is 38.2 Å². The van der Waals surface area contributed by atoms with Crippen LogP contribution < -0.4 is 0 Å². The number of quaternary nitrogens is 1. The molecule has 0 aliphatic carbocycles. The van der Waals surface area contributed by atoms with Gasteiger partial charge < -0.3 is 23.8 Å². The maximum atomic E-state index is 12.6. The van der Waals surface area contributed by atoms with Crippen molar-refractivity contribution in [3.63, 3.8) is 0 Å². The summed E-state index contributed by atoms with van der Waals surface area (Å²) in [6.07, 6.45) is 34.4. The van der Waals surface area contributed by atoms with Crippen LogP contribution in [0.1, 0.15) is 117 Å². The van der Waals surface area contributed by atoms with Gasteiger partial charge in [0.2, 0.25) is 0 Å². The van der Waals surface area contributed by atoms with E-state index < -0.39 is 18.1 Å². The lowest BCUT2D eigenvalue weighted by atomic mass is 10.1. The fourth-order valence-corrected chi connectivity index (χ4v) is 4.65. The van der Waals surface area contributed by atoms with Crippen molar-refractivity contribution in [1.29, 1.82) is 0 Å². The molecule has 0 rings (SSSR count). The quantitative estimate of drug-likeness (QED) is 0.0356. The average Bonchev–Trinajstić information content (AvgIpc) is 3.01. The minimum absolute atomic E-state index is 0.0360. The number of rotatable bonds is 30. The number of allylic oxidation sites excluding steroid dienone is 10. The fourth-order valence-electron chi connectivity index (χ4n) is 4.65. The van der Waals surface area contributed by atoms with Gasteiger partial charge in [-0.25, -0.2) is 4.79 Å². The normalized spacial score (nSPS) is 13.8. The molecule has 1 N–H and O–H groups in total. The molecule has 0 saturated carbocycles. The molecule has 0 aromatic carbocycles. The maximum absolute atomic E-state index is 12.6. The molecular formula is C39H66NO7+. The highest BCUT2D eigenvalue weighted by atomic mass is 16.6. The maximum Gasteiger partial charge on any atom is 0.362 e. The zero-order valence-corrected chi connectivity index (χ0v) is 30.2. The second-order valence-electron chi connectivity index (χ2n) is 12.7. The summed E-state index contributed by atoms with van der Waals surface area (Å²) in [5.41, 5.74) is 0. The van der Waals surface area contributed by atoms with Crippen LogP contribution in [0.3, 0.4) is 0 Å². The van der Waals surface area contributed by atoms with E-state index in [0.29, 0.717) is 19.3 Å². The van der Waals surface area contributed by atoms with Crippen molar-refractivity contribution in [3.05, 3.63) is 60.8 Å². The molecule has 0 heterocycles. The van der Waals surface area contributed by atoms with Crippen LogP contribution in [0.15, 0.2) is 60.8 Å². The molecule has 0 aliphatic rings. The van der Waals surface area contributed by atoms with Gasteiger partial charge in [0, 0.05) is 19.3 Å². The summed E-state index contributed by atoms with van der Waals surface area (Å²) < 4.78 is 17.0. The van der Waals surface area contributed by atoms with E-state index in [1.54, 1.807) is 0 Å². The van der Waals surface area contributed by atoms with E-state index in [1.807, 2.05) is 21.1 Å². The first-order valence-electron chi connectivity index (χ1n) is 17.8. The highest BCUT2D eigenvalue weighted by Gasteiger charge is 2.31. The molecule has 0 aliphatic heterocycles. The lowest BCUT2D eigenvalue weighted by molar-refractivity contribution is -0.887. The van der Waals surface area contributed by atoms with E-state index in [1.165, 1.54) is 19.3 Å². The number of hydrogen-bond acceptors (Lipinski definition) is 6. The number of likely N-dealkylation sites (N-methyl/N-ethyl adjacent to an activating group) is 1. The molecule has 0 bridgehead atoms. The number of ether oxygens (including phenoxy) is 3. The van der Waals surface area contributed by atoms with E-state index in [4.69, 9.17) is 14.2 Å². The van der Waals surface area contributed by atoms with Gasteiger partial charge in [-0.15, -0.1) is 0 Å². The molecule has 8 heteroatoms. The first-order chi connectivity index (χ1) is 22.6. The standard InChI is InChI=1S/C39H65NO7/c1-6-8-10-12-14-15-16-17-18-19-20-21-22-23-24-26-28-30-38(42)47-35(33-45-32-31-36(39(43)44)40(3,4)5)34-46-37(41)29-27-25-13-11-9-7-2/h8,10,14-15,17-18,20-21,23-24,35-36H,6-7,9,11-13,16,19,22,25-34H2,1-5H3/p+1/b10-8-,15-14-,18-17-,21-20-,24-23-. The second kappa shape index (κ2) is 30.4. The van der Waals surface area contributed by atoms with Gasteiger partial charge in [0.15, 0.2) is 12.1 Å². The number of unbranched alkanes of at least 4 members (excludes halogenated alkanes) is 6. The van der Waals surface area contributed by atoms with Crippen LogP contribution >= 0.6 is 0 Å². The van der Waals surface area contributed by atoms with Crippen molar-refractivity contribution in [2.75, 3.05) is 41.0 Å². The summed E-state index contributed by atoms with van der Waals surface area (Å²) in [4.78, 5) is 36.5. The predicted octanol–water partition coefficient (Wildman–Crippen LogP) is 8.68. The van der Waals surface area contributed by atoms with Crippen LogP contribution in [0, 0.1) is 0 Å². The molecule has 0 amide bonds. The highest BCUT2D eigenvalue weighted by molar-refractivity contribution is 5.72. The highest BCUT2D eigenvalue weighted by Crippen LogP contribution is 2.11. The molecule has 2 atom stereocenters. The molecular weight excluding hydrogens is 594 g/mol. The van der Waals surface area contributed by atoms with E-state index in [-0.39, 0.29) is 42.7 Å². The van der Waals surface area contributed by atoms with Crippen molar-refractivity contribution in [2.24, 2.45) is 0 Å². The Kier molecular flexibility index (Phi) is 28.4. The van der Waals surface area contributed by atoms with Crippen LogP contribution in [0.2, 0.25) is 0 Å². The van der Waals surface area contributed by atoms with Gasteiger partial charge in [0.1, 0.15) is 6.61 Å². The summed E-state index contributed by atoms with van der Waals surface area (Å²) in [5.74, 6) is -1.57. The van der Waals surface area contributed by atoms with Crippen LogP contribution in [-0.4, -0.2) is 80.6 Å². The van der Waals surface area contributed by atoms with Crippen LogP contribution in [0.25, 0.3) is 0 Å². The molecule has 47 heavy (non-hydrogen) atoms. The summed E-state index contributed by atoms with van der Waals surface area (Å²) >= 11 is 0. The number of hydrogen-bond donors (Lipinski definition) is 1. The molecule has 0 aromatic heterocycles. The predicted molar refractivity (Wildman–Crippen MR) is 192 cm³/mol. The lowest BCUT2D eigenvalue weighted by Gasteiger charge is -2.31. The fraction of sp³-hybridized carbons (Fsp3) is 0.667. The summed E-state index contributed by atoms with van der Waals surface area (Å²) in [6, 6.07) is -0.623. The van der Waals surface area contributed by atoms with Gasteiger partial charge in [0.25, 0.3) is 0 Å². The zero-order chi connectivity index (χ0) is 35.0. The van der Waals surface area contributed by atoms with Gasteiger partial charge in [-0.2, -0.15) is 0 Å². The third-order valence-corrected chi connectivity index (χ3v) is 7.43. The molecule has 2 unspecified atom stereocenters. The lowest BCUT2D eigenvalue weighted by Crippen LogP contribution is -2.50. The van der Waals surface area contributed by atoms with E-state index >= 15 is 0 Å². The Balaban J connectivity index is 4.51. The SMILES string of the molecule is CC/C=C\C/C=C\C/C=C\C/C=C\C/C=C\CCCC(=O)OC(COCCC(C(=O)O)[N+](C)(C)C)COC(=O)CCCCCCCC. The number of nitrogens with zero attached hydrogens (tertiary/aromatic N) is 1. The molecule has 0 aromatic rings. The minimum Gasteiger partial charge on any atom is -0.477 e.